The topological polar surface area (TPSA) is 26.3 Å². The molecule has 0 heterocycles. The lowest BCUT2D eigenvalue weighted by Crippen LogP contribution is -2.32. The van der Waals surface area contributed by atoms with E-state index < -0.39 is 0 Å². The molecule has 0 aromatic heterocycles. The zero-order valence-corrected chi connectivity index (χ0v) is 11.3. The van der Waals surface area contributed by atoms with Gasteiger partial charge >= 0.3 is 5.97 Å². The molecule has 1 aromatic carbocycles. The van der Waals surface area contributed by atoms with Crippen LogP contribution in [-0.4, -0.2) is 11.6 Å². The molecular weight excluding hydrogens is 224 g/mol. The average Bonchev–Trinajstić information content (AvgIpc) is 2.21. The van der Waals surface area contributed by atoms with Crippen molar-refractivity contribution in [1.29, 1.82) is 0 Å². The summed E-state index contributed by atoms with van der Waals surface area (Å²) in [5.41, 5.74) is 2.16. The van der Waals surface area contributed by atoms with Crippen molar-refractivity contribution in [2.24, 2.45) is 5.92 Å². The number of ether oxygens (including phenoxy) is 1. The largest absolute Gasteiger partial charge is 0.460 e. The van der Waals surface area contributed by atoms with Gasteiger partial charge in [-0.3, -0.25) is 4.79 Å². The summed E-state index contributed by atoms with van der Waals surface area (Å²) in [7, 11) is 0. The summed E-state index contributed by atoms with van der Waals surface area (Å²) >= 11 is 0. The molecule has 0 bridgehead atoms. The molecule has 1 aromatic rings. The molecule has 2 nitrogen and oxygen atoms in total. The summed E-state index contributed by atoms with van der Waals surface area (Å²) in [5.74, 6) is -0.00750. The summed E-state index contributed by atoms with van der Waals surface area (Å²) in [5, 5.41) is 0. The Balaban J connectivity index is 1.87. The predicted molar refractivity (Wildman–Crippen MR) is 73.0 cm³/mol. The van der Waals surface area contributed by atoms with Crippen molar-refractivity contribution in [3.05, 3.63) is 41.5 Å². The van der Waals surface area contributed by atoms with Crippen LogP contribution in [-0.2, 0) is 9.53 Å². The summed E-state index contributed by atoms with van der Waals surface area (Å²) in [6.45, 7) is 5.72. The molecule has 0 aliphatic heterocycles. The quantitative estimate of drug-likeness (QED) is 0.739. The van der Waals surface area contributed by atoms with Crippen molar-refractivity contribution in [1.82, 2.24) is 0 Å². The second-order valence-corrected chi connectivity index (χ2v) is 5.85. The highest BCUT2D eigenvalue weighted by molar-refractivity contribution is 5.76. The molecule has 18 heavy (non-hydrogen) atoms. The summed E-state index contributed by atoms with van der Waals surface area (Å²) in [6.07, 6.45) is 3.84. The van der Waals surface area contributed by atoms with E-state index >= 15 is 0 Å². The monoisotopic (exact) mass is 244 g/mol. The van der Waals surface area contributed by atoms with E-state index in [-0.39, 0.29) is 17.5 Å². The van der Waals surface area contributed by atoms with Crippen LogP contribution in [0.1, 0.15) is 39.2 Å². The van der Waals surface area contributed by atoms with Gasteiger partial charge in [-0.1, -0.05) is 42.0 Å². The SMILES string of the molecule is CC(C)(C)OC(=O)C1CC(=Cc2ccccc2)C1. The standard InChI is InChI=1S/C16H20O2/c1-16(2,3)18-15(17)14-10-13(11-14)9-12-7-5-4-6-8-12/h4-9,14H,10-11H2,1-3H3. The Bertz CT molecular complexity index is 444. The Morgan fingerprint density at radius 1 is 1.22 bits per heavy atom. The Kier molecular flexibility index (Phi) is 3.55. The molecule has 0 radical (unpaired) electrons. The van der Waals surface area contributed by atoms with Crippen LogP contribution in [0.25, 0.3) is 6.08 Å². The maximum atomic E-state index is 11.8. The Morgan fingerprint density at radius 3 is 2.39 bits per heavy atom. The van der Waals surface area contributed by atoms with Gasteiger partial charge in [0.25, 0.3) is 0 Å². The van der Waals surface area contributed by atoms with E-state index in [0.717, 1.165) is 12.8 Å². The molecule has 96 valence electrons. The van der Waals surface area contributed by atoms with Gasteiger partial charge in [0.2, 0.25) is 0 Å². The van der Waals surface area contributed by atoms with Crippen LogP contribution in [0.15, 0.2) is 35.9 Å². The van der Waals surface area contributed by atoms with Gasteiger partial charge in [0.05, 0.1) is 5.92 Å². The Labute approximate surface area is 109 Å². The molecule has 0 saturated heterocycles. The molecule has 0 spiro atoms. The van der Waals surface area contributed by atoms with Crippen molar-refractivity contribution >= 4 is 12.0 Å². The Hall–Kier alpha value is -1.57. The lowest BCUT2D eigenvalue weighted by Gasteiger charge is -2.30. The van der Waals surface area contributed by atoms with E-state index in [2.05, 4.69) is 18.2 Å². The molecule has 2 rings (SSSR count). The van der Waals surface area contributed by atoms with E-state index in [9.17, 15) is 4.79 Å². The smallest absolute Gasteiger partial charge is 0.310 e. The van der Waals surface area contributed by atoms with Crippen LogP contribution < -0.4 is 0 Å². The minimum absolute atomic E-state index is 0.0548. The minimum atomic E-state index is -0.379. The number of rotatable bonds is 2. The molecule has 1 fully saturated rings. The maximum absolute atomic E-state index is 11.8. The number of carbonyl (C=O) groups excluding carboxylic acids is 1. The fourth-order valence-electron chi connectivity index (χ4n) is 2.03. The zero-order valence-electron chi connectivity index (χ0n) is 11.3. The molecule has 1 aliphatic rings. The lowest BCUT2D eigenvalue weighted by atomic mass is 9.79. The summed E-state index contributed by atoms with van der Waals surface area (Å²) in [4.78, 5) is 11.8. The molecule has 1 aliphatic carbocycles. The third-order valence-electron chi connectivity index (χ3n) is 2.93. The number of hydrogen-bond donors (Lipinski definition) is 0. The fraction of sp³-hybridized carbons (Fsp3) is 0.438. The van der Waals surface area contributed by atoms with Gasteiger partial charge in [-0.05, 0) is 39.2 Å². The first-order chi connectivity index (χ1) is 8.44. The summed E-state index contributed by atoms with van der Waals surface area (Å²) < 4.78 is 5.37. The number of carbonyl (C=O) groups is 1. The highest BCUT2D eigenvalue weighted by atomic mass is 16.6. The second-order valence-electron chi connectivity index (χ2n) is 5.85. The van der Waals surface area contributed by atoms with E-state index in [1.807, 2.05) is 39.0 Å². The first-order valence-electron chi connectivity index (χ1n) is 6.41. The molecular formula is C16H20O2. The first kappa shape index (κ1) is 12.9. The normalized spacial score (nSPS) is 19.1. The van der Waals surface area contributed by atoms with Crippen molar-refractivity contribution < 1.29 is 9.53 Å². The lowest BCUT2D eigenvalue weighted by molar-refractivity contribution is -0.161. The Morgan fingerprint density at radius 2 is 1.83 bits per heavy atom. The number of benzene rings is 1. The second kappa shape index (κ2) is 4.97. The van der Waals surface area contributed by atoms with Crippen LogP contribution in [0.2, 0.25) is 0 Å². The highest BCUT2D eigenvalue weighted by Gasteiger charge is 2.33. The van der Waals surface area contributed by atoms with Gasteiger partial charge in [-0.2, -0.15) is 0 Å². The van der Waals surface area contributed by atoms with Crippen molar-refractivity contribution in [3.8, 4) is 0 Å². The third-order valence-corrected chi connectivity index (χ3v) is 2.93. The first-order valence-corrected chi connectivity index (χ1v) is 6.41. The number of hydrogen-bond acceptors (Lipinski definition) is 2. The fourth-order valence-corrected chi connectivity index (χ4v) is 2.03. The van der Waals surface area contributed by atoms with E-state index in [1.165, 1.54) is 11.1 Å². The predicted octanol–water partition coefficient (Wildman–Crippen LogP) is 3.82. The average molecular weight is 244 g/mol. The van der Waals surface area contributed by atoms with Gasteiger partial charge in [-0.15, -0.1) is 0 Å². The van der Waals surface area contributed by atoms with Crippen molar-refractivity contribution in [2.75, 3.05) is 0 Å². The van der Waals surface area contributed by atoms with E-state index in [1.54, 1.807) is 0 Å². The van der Waals surface area contributed by atoms with Gasteiger partial charge < -0.3 is 4.74 Å². The molecule has 0 atom stereocenters. The van der Waals surface area contributed by atoms with Crippen LogP contribution in [0.4, 0.5) is 0 Å². The zero-order chi connectivity index (χ0) is 13.2. The molecule has 0 N–H and O–H groups in total. The van der Waals surface area contributed by atoms with Crippen LogP contribution in [0.3, 0.4) is 0 Å². The maximum Gasteiger partial charge on any atom is 0.310 e. The van der Waals surface area contributed by atoms with Crippen molar-refractivity contribution in [3.63, 3.8) is 0 Å². The minimum Gasteiger partial charge on any atom is -0.460 e. The summed E-state index contributed by atoms with van der Waals surface area (Å²) in [6, 6.07) is 10.2. The molecule has 0 unspecified atom stereocenters. The number of allylic oxidation sites excluding steroid dienone is 1. The third kappa shape index (κ3) is 3.46. The van der Waals surface area contributed by atoms with Crippen molar-refractivity contribution in [2.45, 2.75) is 39.2 Å². The van der Waals surface area contributed by atoms with E-state index in [4.69, 9.17) is 4.74 Å². The molecule has 1 saturated carbocycles. The van der Waals surface area contributed by atoms with Gasteiger partial charge in [0.15, 0.2) is 0 Å². The van der Waals surface area contributed by atoms with Gasteiger partial charge in [0.1, 0.15) is 5.60 Å². The van der Waals surface area contributed by atoms with Crippen LogP contribution >= 0.6 is 0 Å². The van der Waals surface area contributed by atoms with Crippen LogP contribution in [0, 0.1) is 5.92 Å². The van der Waals surface area contributed by atoms with E-state index in [0.29, 0.717) is 0 Å². The molecule has 0 amide bonds. The van der Waals surface area contributed by atoms with Crippen LogP contribution in [0.5, 0.6) is 0 Å². The number of esters is 1. The highest BCUT2D eigenvalue weighted by Crippen LogP contribution is 2.36. The molecule has 2 heteroatoms. The van der Waals surface area contributed by atoms with Gasteiger partial charge in [0, 0.05) is 0 Å². The van der Waals surface area contributed by atoms with Gasteiger partial charge in [-0.25, -0.2) is 0 Å².